The van der Waals surface area contributed by atoms with E-state index < -0.39 is 0 Å². The molecule has 2 aromatic carbocycles. The number of rotatable bonds is 6. The number of nitrogens with one attached hydrogen (secondary N) is 2. The lowest BCUT2D eigenvalue weighted by Gasteiger charge is -2.19. The molecule has 1 amide bonds. The summed E-state index contributed by atoms with van der Waals surface area (Å²) in [4.78, 5) is 32.3. The molecule has 7 nitrogen and oxygen atoms in total. The predicted molar refractivity (Wildman–Crippen MR) is 120 cm³/mol. The van der Waals surface area contributed by atoms with Crippen LogP contribution in [-0.4, -0.2) is 29.1 Å². The number of fused-ring (bicyclic) bond motifs is 1. The van der Waals surface area contributed by atoms with Crippen LogP contribution in [-0.2, 0) is 17.0 Å². The van der Waals surface area contributed by atoms with Crippen LogP contribution in [0.2, 0.25) is 5.02 Å². The van der Waals surface area contributed by atoms with Crippen LogP contribution in [0.25, 0.3) is 0 Å². The number of carbonyl (C=O) groups excluding carboxylic acids is 1. The van der Waals surface area contributed by atoms with Crippen LogP contribution in [0.4, 0.5) is 5.69 Å². The number of thioether (sulfide) groups is 1. The molecule has 0 aliphatic carbocycles. The van der Waals surface area contributed by atoms with Crippen molar-refractivity contribution >= 4 is 35.0 Å². The summed E-state index contributed by atoms with van der Waals surface area (Å²) in [5.41, 5.74) is 2.14. The number of hydrogen-bond donors (Lipinski definition) is 2. The predicted octanol–water partition coefficient (Wildman–Crippen LogP) is 3.98. The minimum Gasteiger partial charge on any atom is -0.486 e. The number of benzene rings is 2. The lowest BCUT2D eigenvalue weighted by Crippen LogP contribution is -2.24. The number of anilines is 1. The second kappa shape index (κ2) is 9.45. The second-order valence-corrected chi connectivity index (χ2v) is 8.34. The lowest BCUT2D eigenvalue weighted by atomic mass is 10.1. The van der Waals surface area contributed by atoms with Crippen LogP contribution < -0.4 is 20.3 Å². The number of amides is 1. The maximum Gasteiger partial charge on any atom is 0.255 e. The Hall–Kier alpha value is -2.97. The van der Waals surface area contributed by atoms with Crippen molar-refractivity contribution in [3.8, 4) is 11.5 Å². The zero-order valence-corrected chi connectivity index (χ0v) is 18.3. The van der Waals surface area contributed by atoms with Gasteiger partial charge in [0.2, 0.25) is 5.91 Å². The van der Waals surface area contributed by atoms with Gasteiger partial charge in [0.1, 0.15) is 13.2 Å². The highest BCUT2D eigenvalue weighted by Crippen LogP contribution is 2.32. The summed E-state index contributed by atoms with van der Waals surface area (Å²) in [6.07, 6.45) is -0.0815. The van der Waals surface area contributed by atoms with Crippen LogP contribution in [0.15, 0.2) is 52.4 Å². The third-order valence-electron chi connectivity index (χ3n) is 4.63. The van der Waals surface area contributed by atoms with E-state index >= 15 is 0 Å². The molecule has 0 saturated carbocycles. The molecule has 0 radical (unpaired) electrons. The van der Waals surface area contributed by atoms with Crippen LogP contribution in [0.1, 0.15) is 16.8 Å². The van der Waals surface area contributed by atoms with E-state index in [-0.39, 0.29) is 17.9 Å². The third kappa shape index (κ3) is 5.39. The number of halogens is 1. The van der Waals surface area contributed by atoms with E-state index in [1.807, 2.05) is 24.3 Å². The minimum absolute atomic E-state index is 0.0815. The number of aromatic nitrogens is 2. The molecule has 0 spiro atoms. The zero-order valence-electron chi connectivity index (χ0n) is 16.7. The first-order chi connectivity index (χ1) is 15.0. The molecule has 1 aliphatic heterocycles. The van der Waals surface area contributed by atoms with Crippen LogP contribution in [0, 0.1) is 6.92 Å². The molecule has 160 valence electrons. The molecule has 3 aromatic rings. The van der Waals surface area contributed by atoms with E-state index in [2.05, 4.69) is 15.3 Å². The fourth-order valence-corrected chi connectivity index (χ4v) is 4.19. The number of carbonyl (C=O) groups is 1. The molecular weight excluding hydrogens is 438 g/mol. The summed E-state index contributed by atoms with van der Waals surface area (Å²) in [5.74, 6) is 1.53. The summed E-state index contributed by atoms with van der Waals surface area (Å²) >= 11 is 7.41. The van der Waals surface area contributed by atoms with Crippen molar-refractivity contribution in [2.75, 3.05) is 18.5 Å². The Bertz CT molecular complexity index is 1180. The normalized spacial score (nSPS) is 12.5. The van der Waals surface area contributed by atoms with Crippen LogP contribution >= 0.6 is 23.4 Å². The average molecular weight is 458 g/mol. The fourth-order valence-electron chi connectivity index (χ4n) is 3.13. The van der Waals surface area contributed by atoms with Gasteiger partial charge >= 0.3 is 0 Å². The maximum atomic E-state index is 12.6. The van der Waals surface area contributed by atoms with E-state index in [9.17, 15) is 9.59 Å². The Morgan fingerprint density at radius 3 is 2.77 bits per heavy atom. The SMILES string of the molecule is Cc1nc(SCc2cccc(Cl)c2)[nH]c(=O)c1CC(=O)Nc1ccc2c(c1)OCCO2. The van der Waals surface area contributed by atoms with Crippen molar-refractivity contribution in [2.24, 2.45) is 0 Å². The van der Waals surface area contributed by atoms with E-state index in [1.165, 1.54) is 11.8 Å². The number of aryl methyl sites for hydroxylation is 1. The zero-order chi connectivity index (χ0) is 21.8. The Balaban J connectivity index is 1.41. The summed E-state index contributed by atoms with van der Waals surface area (Å²) in [5, 5.41) is 3.95. The molecule has 0 fully saturated rings. The number of hydrogen-bond acceptors (Lipinski definition) is 6. The van der Waals surface area contributed by atoms with Crippen molar-refractivity contribution in [3.05, 3.63) is 74.7 Å². The van der Waals surface area contributed by atoms with Crippen molar-refractivity contribution in [1.82, 2.24) is 9.97 Å². The Morgan fingerprint density at radius 1 is 1.19 bits per heavy atom. The van der Waals surface area contributed by atoms with Crippen LogP contribution in [0.5, 0.6) is 11.5 Å². The number of aromatic amines is 1. The van der Waals surface area contributed by atoms with Gasteiger partial charge in [0.25, 0.3) is 5.56 Å². The van der Waals surface area contributed by atoms with Gasteiger partial charge in [0, 0.05) is 33.8 Å². The highest BCUT2D eigenvalue weighted by molar-refractivity contribution is 7.98. The van der Waals surface area contributed by atoms with Crippen molar-refractivity contribution in [1.29, 1.82) is 0 Å². The molecule has 9 heteroatoms. The molecule has 0 atom stereocenters. The van der Waals surface area contributed by atoms with Gasteiger partial charge < -0.3 is 19.8 Å². The first kappa shape index (κ1) is 21.3. The standard InChI is InChI=1S/C22H20ClN3O4S/c1-13-17(11-20(27)25-16-5-6-18-19(10-16)30-8-7-29-18)21(28)26-22(24-13)31-12-14-3-2-4-15(23)9-14/h2-6,9-10H,7-8,11-12H2,1H3,(H,25,27)(H,24,26,28). The molecule has 1 aromatic heterocycles. The molecule has 0 unspecified atom stereocenters. The van der Waals surface area contributed by atoms with Crippen LogP contribution in [0.3, 0.4) is 0 Å². The van der Waals surface area contributed by atoms with Gasteiger partial charge in [-0.05, 0) is 36.8 Å². The molecule has 0 bridgehead atoms. The second-order valence-electron chi connectivity index (χ2n) is 6.94. The Morgan fingerprint density at radius 2 is 2.00 bits per heavy atom. The number of nitrogens with zero attached hydrogens (tertiary/aromatic N) is 1. The Labute approximate surface area is 188 Å². The van der Waals surface area contributed by atoms with E-state index in [1.54, 1.807) is 25.1 Å². The number of ether oxygens (including phenoxy) is 2. The summed E-state index contributed by atoms with van der Waals surface area (Å²) in [7, 11) is 0. The molecule has 31 heavy (non-hydrogen) atoms. The van der Waals surface area contributed by atoms with E-state index in [4.69, 9.17) is 21.1 Å². The average Bonchev–Trinajstić information content (AvgIpc) is 2.75. The monoisotopic (exact) mass is 457 g/mol. The van der Waals surface area contributed by atoms with Gasteiger partial charge in [-0.1, -0.05) is 35.5 Å². The highest BCUT2D eigenvalue weighted by Gasteiger charge is 2.16. The summed E-state index contributed by atoms with van der Waals surface area (Å²) in [6, 6.07) is 12.7. The van der Waals surface area contributed by atoms with Crippen molar-refractivity contribution in [3.63, 3.8) is 0 Å². The van der Waals surface area contributed by atoms with E-state index in [0.29, 0.717) is 57.6 Å². The summed E-state index contributed by atoms with van der Waals surface area (Å²) < 4.78 is 11.0. The number of H-pyrrole nitrogens is 1. The molecule has 1 aliphatic rings. The van der Waals surface area contributed by atoms with Crippen molar-refractivity contribution in [2.45, 2.75) is 24.3 Å². The molecular formula is C22H20ClN3O4S. The molecule has 2 heterocycles. The largest absolute Gasteiger partial charge is 0.486 e. The van der Waals surface area contributed by atoms with E-state index in [0.717, 1.165) is 5.56 Å². The molecule has 4 rings (SSSR count). The minimum atomic E-state index is -0.321. The molecule has 2 N–H and O–H groups in total. The topological polar surface area (TPSA) is 93.3 Å². The fraction of sp³-hybridized carbons (Fsp3) is 0.227. The van der Waals surface area contributed by atoms with Gasteiger partial charge in [0.05, 0.1) is 6.42 Å². The Kier molecular flexibility index (Phi) is 6.48. The van der Waals surface area contributed by atoms with Gasteiger partial charge in [-0.15, -0.1) is 0 Å². The highest BCUT2D eigenvalue weighted by atomic mass is 35.5. The first-order valence-corrected chi connectivity index (χ1v) is 11.0. The smallest absolute Gasteiger partial charge is 0.255 e. The maximum absolute atomic E-state index is 12.6. The van der Waals surface area contributed by atoms with Gasteiger partial charge in [-0.25, -0.2) is 4.98 Å². The first-order valence-electron chi connectivity index (χ1n) is 9.64. The lowest BCUT2D eigenvalue weighted by molar-refractivity contribution is -0.115. The van der Waals surface area contributed by atoms with Gasteiger partial charge in [-0.3, -0.25) is 9.59 Å². The van der Waals surface area contributed by atoms with Crippen molar-refractivity contribution < 1.29 is 14.3 Å². The quantitative estimate of drug-likeness (QED) is 0.429. The molecule has 0 saturated heterocycles. The van der Waals surface area contributed by atoms with Gasteiger partial charge in [0.15, 0.2) is 16.7 Å². The third-order valence-corrected chi connectivity index (χ3v) is 5.81. The van der Waals surface area contributed by atoms with Gasteiger partial charge in [-0.2, -0.15) is 0 Å². The summed E-state index contributed by atoms with van der Waals surface area (Å²) in [6.45, 7) is 2.69.